The minimum absolute atomic E-state index is 0.543. The first-order chi connectivity index (χ1) is 4.74. The summed E-state index contributed by atoms with van der Waals surface area (Å²) in [7, 11) is 1.58. The molecular formula is C8H10O2. The van der Waals surface area contributed by atoms with Gasteiger partial charge in [-0.2, -0.15) is 0 Å². The summed E-state index contributed by atoms with van der Waals surface area (Å²) in [5.41, 5.74) is 0.666. The lowest BCUT2D eigenvalue weighted by Crippen LogP contribution is -2.07. The maximum atomic E-state index is 9.10. The third kappa shape index (κ3) is 1.28. The number of hydrogen-bond donors (Lipinski definition) is 1. The maximum Gasteiger partial charge on any atom is 0.119 e. The quantitative estimate of drug-likeness (QED) is 0.585. The molecule has 0 aromatic rings. The van der Waals surface area contributed by atoms with Gasteiger partial charge in [-0.25, -0.2) is 0 Å². The van der Waals surface area contributed by atoms with Gasteiger partial charge in [0, 0.05) is 0 Å². The van der Waals surface area contributed by atoms with Gasteiger partial charge < -0.3 is 9.84 Å². The molecule has 1 aliphatic carbocycles. The van der Waals surface area contributed by atoms with Crippen LogP contribution in [0.2, 0.25) is 0 Å². The number of ether oxygens (including phenoxy) is 1. The Hall–Kier alpha value is -1.02. The summed E-state index contributed by atoms with van der Waals surface area (Å²) in [5.74, 6) is 0.732. The second-order valence-electron chi connectivity index (χ2n) is 2.13. The number of methoxy groups -OCH3 is 1. The van der Waals surface area contributed by atoms with Gasteiger partial charge in [0.15, 0.2) is 0 Å². The number of aliphatic hydroxyl groups excluding tert-OH is 1. The van der Waals surface area contributed by atoms with Crippen molar-refractivity contribution >= 4 is 0 Å². The minimum Gasteiger partial charge on any atom is -0.497 e. The van der Waals surface area contributed by atoms with E-state index in [1.165, 1.54) is 0 Å². The van der Waals surface area contributed by atoms with Crippen LogP contribution in [0.3, 0.4) is 0 Å². The molecule has 1 N–H and O–H groups in total. The van der Waals surface area contributed by atoms with Gasteiger partial charge in [-0.15, -0.1) is 0 Å². The smallest absolute Gasteiger partial charge is 0.119 e. The van der Waals surface area contributed by atoms with Gasteiger partial charge in [0.1, 0.15) is 5.76 Å². The van der Waals surface area contributed by atoms with Crippen molar-refractivity contribution in [2.75, 3.05) is 7.11 Å². The summed E-state index contributed by atoms with van der Waals surface area (Å²) in [5, 5.41) is 9.10. The molecule has 2 nitrogen and oxygen atoms in total. The molecule has 0 fully saturated rings. The normalized spacial score (nSPS) is 24.4. The summed E-state index contributed by atoms with van der Waals surface area (Å²) in [6, 6.07) is 0. The zero-order chi connectivity index (χ0) is 7.56. The Kier molecular flexibility index (Phi) is 1.92. The first kappa shape index (κ1) is 7.09. The van der Waals surface area contributed by atoms with Crippen LogP contribution in [0.15, 0.2) is 36.1 Å². The third-order valence-electron chi connectivity index (χ3n) is 1.39. The molecule has 0 aromatic heterocycles. The molecule has 0 radical (unpaired) electrons. The molecule has 0 spiro atoms. The Bertz CT molecular complexity index is 201. The van der Waals surface area contributed by atoms with Gasteiger partial charge >= 0.3 is 0 Å². The van der Waals surface area contributed by atoms with Crippen LogP contribution in [-0.2, 0) is 4.74 Å². The molecule has 0 heterocycles. The van der Waals surface area contributed by atoms with Crippen LogP contribution in [0.25, 0.3) is 0 Å². The van der Waals surface area contributed by atoms with E-state index in [1.807, 2.05) is 0 Å². The molecule has 0 bridgehead atoms. The van der Waals surface area contributed by atoms with Crippen molar-refractivity contribution in [3.05, 3.63) is 36.1 Å². The van der Waals surface area contributed by atoms with Crippen LogP contribution in [0.5, 0.6) is 0 Å². The Labute approximate surface area is 60.1 Å². The van der Waals surface area contributed by atoms with Crippen molar-refractivity contribution in [1.82, 2.24) is 0 Å². The summed E-state index contributed by atoms with van der Waals surface area (Å²) in [6.45, 7) is 3.64. The van der Waals surface area contributed by atoms with E-state index in [0.717, 1.165) is 5.76 Å². The molecule has 2 heteroatoms. The van der Waals surface area contributed by atoms with E-state index in [-0.39, 0.29) is 0 Å². The van der Waals surface area contributed by atoms with Crippen molar-refractivity contribution in [2.45, 2.75) is 6.10 Å². The van der Waals surface area contributed by atoms with Gasteiger partial charge in [-0.05, 0) is 23.8 Å². The molecular weight excluding hydrogens is 128 g/mol. The highest BCUT2D eigenvalue weighted by Gasteiger charge is 2.07. The van der Waals surface area contributed by atoms with E-state index in [0.29, 0.717) is 5.57 Å². The van der Waals surface area contributed by atoms with Crippen LogP contribution < -0.4 is 0 Å². The zero-order valence-electron chi connectivity index (χ0n) is 5.87. The highest BCUT2D eigenvalue weighted by atomic mass is 16.5. The van der Waals surface area contributed by atoms with E-state index in [4.69, 9.17) is 9.84 Å². The fraction of sp³-hybridized carbons (Fsp3) is 0.250. The minimum atomic E-state index is -0.543. The van der Waals surface area contributed by atoms with E-state index in [2.05, 4.69) is 6.58 Å². The molecule has 54 valence electrons. The monoisotopic (exact) mass is 138 g/mol. The molecule has 0 saturated heterocycles. The molecule has 0 amide bonds. The topological polar surface area (TPSA) is 29.5 Å². The average molecular weight is 138 g/mol. The summed E-state index contributed by atoms with van der Waals surface area (Å²) in [6.07, 6.45) is 4.53. The van der Waals surface area contributed by atoms with E-state index in [1.54, 1.807) is 25.3 Å². The molecule has 1 rings (SSSR count). The van der Waals surface area contributed by atoms with Crippen LogP contribution in [0.4, 0.5) is 0 Å². The SMILES string of the molecule is C=C1C=C(OC)C=CC1O. The lowest BCUT2D eigenvalue weighted by molar-refractivity contribution is 0.253. The second kappa shape index (κ2) is 2.71. The Morgan fingerprint density at radius 2 is 2.40 bits per heavy atom. The Morgan fingerprint density at radius 1 is 1.70 bits per heavy atom. The van der Waals surface area contributed by atoms with Crippen molar-refractivity contribution in [3.8, 4) is 0 Å². The number of allylic oxidation sites excluding steroid dienone is 1. The molecule has 0 aromatic carbocycles. The van der Waals surface area contributed by atoms with Gasteiger partial charge in [0.2, 0.25) is 0 Å². The van der Waals surface area contributed by atoms with Crippen molar-refractivity contribution in [1.29, 1.82) is 0 Å². The lowest BCUT2D eigenvalue weighted by Gasteiger charge is -2.11. The Balaban J connectivity index is 2.76. The van der Waals surface area contributed by atoms with Crippen LogP contribution in [0, 0.1) is 0 Å². The second-order valence-corrected chi connectivity index (χ2v) is 2.13. The van der Waals surface area contributed by atoms with E-state index >= 15 is 0 Å². The fourth-order valence-electron chi connectivity index (χ4n) is 0.753. The van der Waals surface area contributed by atoms with Crippen molar-refractivity contribution in [2.24, 2.45) is 0 Å². The molecule has 1 atom stereocenters. The van der Waals surface area contributed by atoms with Crippen molar-refractivity contribution < 1.29 is 9.84 Å². The van der Waals surface area contributed by atoms with Gasteiger partial charge in [-0.3, -0.25) is 0 Å². The summed E-state index contributed by atoms with van der Waals surface area (Å²) >= 11 is 0. The van der Waals surface area contributed by atoms with Crippen molar-refractivity contribution in [3.63, 3.8) is 0 Å². The summed E-state index contributed by atoms with van der Waals surface area (Å²) < 4.78 is 4.91. The van der Waals surface area contributed by atoms with Gasteiger partial charge in [-0.1, -0.05) is 6.58 Å². The first-order valence-corrected chi connectivity index (χ1v) is 3.05. The standard InChI is InChI=1S/C8H10O2/c1-6-5-7(10-2)3-4-8(6)9/h3-5,8-9H,1H2,2H3. The predicted molar refractivity (Wildman–Crippen MR) is 39.4 cm³/mol. The van der Waals surface area contributed by atoms with Gasteiger partial charge in [0.05, 0.1) is 13.2 Å². The summed E-state index contributed by atoms with van der Waals surface area (Å²) in [4.78, 5) is 0. The molecule has 1 aliphatic rings. The largest absolute Gasteiger partial charge is 0.497 e. The Morgan fingerprint density at radius 3 is 2.90 bits per heavy atom. The zero-order valence-corrected chi connectivity index (χ0v) is 5.87. The number of hydrogen-bond acceptors (Lipinski definition) is 2. The van der Waals surface area contributed by atoms with Crippen LogP contribution in [-0.4, -0.2) is 18.3 Å². The lowest BCUT2D eigenvalue weighted by atomic mass is 10.1. The predicted octanol–water partition coefficient (Wildman–Crippen LogP) is 1.00. The molecule has 0 aliphatic heterocycles. The van der Waals surface area contributed by atoms with Gasteiger partial charge in [0.25, 0.3) is 0 Å². The number of aliphatic hydroxyl groups is 1. The fourth-order valence-corrected chi connectivity index (χ4v) is 0.753. The van der Waals surface area contributed by atoms with E-state index in [9.17, 15) is 0 Å². The molecule has 10 heavy (non-hydrogen) atoms. The number of rotatable bonds is 1. The van der Waals surface area contributed by atoms with Crippen LogP contribution >= 0.6 is 0 Å². The molecule has 0 saturated carbocycles. The van der Waals surface area contributed by atoms with Crippen LogP contribution in [0.1, 0.15) is 0 Å². The third-order valence-corrected chi connectivity index (χ3v) is 1.39. The highest BCUT2D eigenvalue weighted by Crippen LogP contribution is 2.14. The maximum absolute atomic E-state index is 9.10. The first-order valence-electron chi connectivity index (χ1n) is 3.05. The highest BCUT2D eigenvalue weighted by molar-refractivity contribution is 5.35. The molecule has 1 unspecified atom stereocenters. The van der Waals surface area contributed by atoms with E-state index < -0.39 is 6.10 Å². The average Bonchev–Trinajstić information content (AvgIpc) is 1.95.